The maximum Gasteiger partial charge on any atom is 0.0775 e. The van der Waals surface area contributed by atoms with Crippen molar-refractivity contribution in [3.8, 4) is 0 Å². The zero-order chi connectivity index (χ0) is 15.0. The number of aliphatic hydroxyl groups excluding tert-OH is 1. The predicted octanol–water partition coefficient (Wildman–Crippen LogP) is 2.77. The normalized spacial score (nSPS) is 22.5. The van der Waals surface area contributed by atoms with Crippen LogP contribution in [0.5, 0.6) is 0 Å². The SMILES string of the molecule is CC(N[C@@H]1c2ccccc2C[C@@H]1O)c1cnn(C(C)C)c1. The van der Waals surface area contributed by atoms with E-state index in [1.165, 1.54) is 11.1 Å². The van der Waals surface area contributed by atoms with Gasteiger partial charge in [0.2, 0.25) is 0 Å². The summed E-state index contributed by atoms with van der Waals surface area (Å²) in [6.45, 7) is 6.35. The summed E-state index contributed by atoms with van der Waals surface area (Å²) in [6, 6.07) is 8.79. The largest absolute Gasteiger partial charge is 0.391 e. The van der Waals surface area contributed by atoms with E-state index in [-0.39, 0.29) is 18.2 Å². The standard InChI is InChI=1S/C17H23N3O/c1-11(2)20-10-14(9-18-20)12(3)19-17-15-7-5-4-6-13(15)8-16(17)21/h4-7,9-12,16-17,19,21H,8H2,1-3H3/t12?,16-,17+/m0/s1. The second-order valence-electron chi connectivity index (χ2n) is 6.18. The fourth-order valence-corrected chi connectivity index (χ4v) is 3.00. The number of aromatic nitrogens is 2. The van der Waals surface area contributed by atoms with Gasteiger partial charge in [-0.25, -0.2) is 0 Å². The van der Waals surface area contributed by atoms with Crippen molar-refractivity contribution >= 4 is 0 Å². The van der Waals surface area contributed by atoms with Gasteiger partial charge in [-0.3, -0.25) is 4.68 Å². The monoisotopic (exact) mass is 285 g/mol. The molecule has 2 aromatic rings. The molecule has 2 N–H and O–H groups in total. The molecule has 112 valence electrons. The number of nitrogens with one attached hydrogen (secondary N) is 1. The molecular formula is C17H23N3O. The fraction of sp³-hybridized carbons (Fsp3) is 0.471. The van der Waals surface area contributed by atoms with Gasteiger partial charge in [0.1, 0.15) is 0 Å². The number of hydrogen-bond donors (Lipinski definition) is 2. The van der Waals surface area contributed by atoms with Gasteiger partial charge < -0.3 is 10.4 Å². The average molecular weight is 285 g/mol. The topological polar surface area (TPSA) is 50.1 Å². The highest BCUT2D eigenvalue weighted by Gasteiger charge is 2.31. The van der Waals surface area contributed by atoms with Gasteiger partial charge in [-0.2, -0.15) is 5.10 Å². The van der Waals surface area contributed by atoms with Gasteiger partial charge >= 0.3 is 0 Å². The predicted molar refractivity (Wildman–Crippen MR) is 83.1 cm³/mol. The van der Waals surface area contributed by atoms with Gasteiger partial charge in [0.15, 0.2) is 0 Å². The molecule has 0 radical (unpaired) electrons. The third kappa shape index (κ3) is 2.74. The summed E-state index contributed by atoms with van der Waals surface area (Å²) in [6.07, 6.45) is 4.36. The van der Waals surface area contributed by atoms with E-state index in [0.717, 1.165) is 12.0 Å². The lowest BCUT2D eigenvalue weighted by Crippen LogP contribution is -2.30. The van der Waals surface area contributed by atoms with E-state index in [2.05, 4.69) is 49.5 Å². The number of aliphatic hydroxyl groups is 1. The van der Waals surface area contributed by atoms with Crippen molar-refractivity contribution in [1.82, 2.24) is 15.1 Å². The average Bonchev–Trinajstić information content (AvgIpc) is 3.05. The van der Waals surface area contributed by atoms with Crippen LogP contribution in [0.3, 0.4) is 0 Å². The summed E-state index contributed by atoms with van der Waals surface area (Å²) >= 11 is 0. The van der Waals surface area contributed by atoms with Gasteiger partial charge in [-0.1, -0.05) is 24.3 Å². The first-order valence-corrected chi connectivity index (χ1v) is 7.62. The number of benzene rings is 1. The summed E-state index contributed by atoms with van der Waals surface area (Å²) in [5.74, 6) is 0. The highest BCUT2D eigenvalue weighted by Crippen LogP contribution is 2.33. The maximum absolute atomic E-state index is 10.3. The van der Waals surface area contributed by atoms with Crippen LogP contribution < -0.4 is 5.32 Å². The van der Waals surface area contributed by atoms with Gasteiger partial charge in [0.25, 0.3) is 0 Å². The van der Waals surface area contributed by atoms with Crippen LogP contribution in [-0.2, 0) is 6.42 Å². The van der Waals surface area contributed by atoms with Gasteiger partial charge in [0, 0.05) is 30.3 Å². The van der Waals surface area contributed by atoms with Crippen molar-refractivity contribution in [1.29, 1.82) is 0 Å². The van der Waals surface area contributed by atoms with Crippen molar-refractivity contribution in [3.63, 3.8) is 0 Å². The van der Waals surface area contributed by atoms with E-state index in [4.69, 9.17) is 0 Å². The molecule has 4 heteroatoms. The Morgan fingerprint density at radius 1 is 1.29 bits per heavy atom. The molecule has 0 aliphatic heterocycles. The smallest absolute Gasteiger partial charge is 0.0775 e. The summed E-state index contributed by atoms with van der Waals surface area (Å²) in [5.41, 5.74) is 3.61. The first-order chi connectivity index (χ1) is 10.1. The molecule has 1 heterocycles. The van der Waals surface area contributed by atoms with Crippen LogP contribution in [0, 0.1) is 0 Å². The Bertz CT molecular complexity index is 620. The second kappa shape index (κ2) is 5.62. The van der Waals surface area contributed by atoms with E-state index in [9.17, 15) is 5.11 Å². The van der Waals surface area contributed by atoms with E-state index in [1.54, 1.807) is 0 Å². The molecule has 1 aromatic heterocycles. The maximum atomic E-state index is 10.3. The minimum absolute atomic E-state index is 0.00130. The Balaban J connectivity index is 1.76. The Morgan fingerprint density at radius 3 is 2.76 bits per heavy atom. The summed E-state index contributed by atoms with van der Waals surface area (Å²) in [4.78, 5) is 0. The number of rotatable bonds is 4. The molecule has 4 nitrogen and oxygen atoms in total. The quantitative estimate of drug-likeness (QED) is 0.908. The third-order valence-corrected chi connectivity index (χ3v) is 4.28. The van der Waals surface area contributed by atoms with E-state index < -0.39 is 0 Å². The molecule has 0 spiro atoms. The van der Waals surface area contributed by atoms with Crippen molar-refractivity contribution in [2.75, 3.05) is 0 Å². The summed E-state index contributed by atoms with van der Waals surface area (Å²) < 4.78 is 1.96. The van der Waals surface area contributed by atoms with E-state index >= 15 is 0 Å². The lowest BCUT2D eigenvalue weighted by Gasteiger charge is -2.22. The lowest BCUT2D eigenvalue weighted by molar-refractivity contribution is 0.136. The molecule has 21 heavy (non-hydrogen) atoms. The van der Waals surface area contributed by atoms with Crippen molar-refractivity contribution in [2.24, 2.45) is 0 Å². The van der Waals surface area contributed by atoms with Crippen molar-refractivity contribution in [2.45, 2.75) is 51.4 Å². The Labute approximate surface area is 125 Å². The van der Waals surface area contributed by atoms with E-state index in [0.29, 0.717) is 6.04 Å². The molecule has 1 unspecified atom stereocenters. The molecule has 3 rings (SSSR count). The first kappa shape index (κ1) is 14.3. The summed E-state index contributed by atoms with van der Waals surface area (Å²) in [7, 11) is 0. The zero-order valence-corrected chi connectivity index (χ0v) is 12.8. The highest BCUT2D eigenvalue weighted by molar-refractivity contribution is 5.36. The summed E-state index contributed by atoms with van der Waals surface area (Å²) in [5, 5.41) is 18.3. The number of fused-ring (bicyclic) bond motifs is 1. The van der Waals surface area contributed by atoms with Gasteiger partial charge in [0.05, 0.1) is 18.3 Å². The van der Waals surface area contributed by atoms with Crippen LogP contribution in [0.2, 0.25) is 0 Å². The Morgan fingerprint density at radius 2 is 2.05 bits per heavy atom. The van der Waals surface area contributed by atoms with E-state index in [1.807, 2.05) is 23.0 Å². The molecule has 0 amide bonds. The molecule has 0 fully saturated rings. The van der Waals surface area contributed by atoms with Crippen LogP contribution in [-0.4, -0.2) is 21.0 Å². The molecule has 0 bridgehead atoms. The Hall–Kier alpha value is -1.65. The minimum atomic E-state index is -0.356. The molecule has 3 atom stereocenters. The molecule has 1 aliphatic carbocycles. The first-order valence-electron chi connectivity index (χ1n) is 7.62. The van der Waals surface area contributed by atoms with Gasteiger partial charge in [-0.15, -0.1) is 0 Å². The molecule has 1 aromatic carbocycles. The number of hydrogen-bond acceptors (Lipinski definition) is 3. The van der Waals surface area contributed by atoms with Crippen LogP contribution in [0.15, 0.2) is 36.7 Å². The third-order valence-electron chi connectivity index (χ3n) is 4.28. The Kier molecular flexibility index (Phi) is 3.83. The molecular weight excluding hydrogens is 262 g/mol. The van der Waals surface area contributed by atoms with Crippen molar-refractivity contribution < 1.29 is 5.11 Å². The molecule has 1 aliphatic rings. The van der Waals surface area contributed by atoms with Crippen molar-refractivity contribution in [3.05, 3.63) is 53.3 Å². The molecule has 0 saturated carbocycles. The van der Waals surface area contributed by atoms with Crippen LogP contribution >= 0.6 is 0 Å². The second-order valence-corrected chi connectivity index (χ2v) is 6.18. The molecule has 0 saturated heterocycles. The number of nitrogens with zero attached hydrogens (tertiary/aromatic N) is 2. The lowest BCUT2D eigenvalue weighted by atomic mass is 10.1. The fourth-order valence-electron chi connectivity index (χ4n) is 3.00. The van der Waals surface area contributed by atoms with Crippen LogP contribution in [0.25, 0.3) is 0 Å². The van der Waals surface area contributed by atoms with Crippen LogP contribution in [0.4, 0.5) is 0 Å². The van der Waals surface area contributed by atoms with Crippen LogP contribution in [0.1, 0.15) is 55.6 Å². The highest BCUT2D eigenvalue weighted by atomic mass is 16.3. The zero-order valence-electron chi connectivity index (χ0n) is 12.8. The minimum Gasteiger partial charge on any atom is -0.391 e. The van der Waals surface area contributed by atoms with Gasteiger partial charge in [-0.05, 0) is 31.9 Å².